The normalized spacial score (nSPS) is 14.7. The van der Waals surface area contributed by atoms with Crippen LogP contribution in [0.1, 0.15) is 0 Å². The lowest BCUT2D eigenvalue weighted by Gasteiger charge is -2.18. The fourth-order valence-electron chi connectivity index (χ4n) is 4.30. The molecule has 9 nitrogen and oxygen atoms in total. The van der Waals surface area contributed by atoms with Crippen LogP contribution in [0.2, 0.25) is 0 Å². The zero-order chi connectivity index (χ0) is 24.9. The first kappa shape index (κ1) is 22.4. The average molecular weight is 505 g/mol. The third-order valence-electron chi connectivity index (χ3n) is 6.15. The Kier molecular flexibility index (Phi) is 5.31. The van der Waals surface area contributed by atoms with Gasteiger partial charge in [-0.1, -0.05) is 30.3 Å². The maximum atomic E-state index is 13.7. The van der Waals surface area contributed by atoms with Gasteiger partial charge in [-0.05, 0) is 30.3 Å². The summed E-state index contributed by atoms with van der Waals surface area (Å²) in [6.07, 6.45) is 4.43. The van der Waals surface area contributed by atoms with Gasteiger partial charge in [0.25, 0.3) is 0 Å². The van der Waals surface area contributed by atoms with Crippen LogP contribution in [-0.2, 0) is 10.0 Å². The van der Waals surface area contributed by atoms with Crippen LogP contribution in [0.5, 0.6) is 0 Å². The van der Waals surface area contributed by atoms with Gasteiger partial charge in [-0.25, -0.2) is 22.8 Å². The molecule has 0 radical (unpaired) electrons. The van der Waals surface area contributed by atoms with Crippen LogP contribution >= 0.6 is 0 Å². The van der Waals surface area contributed by atoms with E-state index in [-0.39, 0.29) is 12.5 Å². The van der Waals surface area contributed by atoms with Crippen molar-refractivity contribution in [1.82, 2.24) is 24.2 Å². The molecule has 1 aliphatic rings. The molecule has 0 spiro atoms. The predicted molar refractivity (Wildman–Crippen MR) is 133 cm³/mol. The van der Waals surface area contributed by atoms with Crippen molar-refractivity contribution in [3.05, 3.63) is 79.0 Å². The van der Waals surface area contributed by atoms with Crippen LogP contribution in [0.15, 0.2) is 77.6 Å². The fourth-order valence-corrected chi connectivity index (χ4v) is 5.06. The Labute approximate surface area is 206 Å². The first-order valence-electron chi connectivity index (χ1n) is 11.2. The van der Waals surface area contributed by atoms with Gasteiger partial charge in [0, 0.05) is 23.2 Å². The van der Waals surface area contributed by atoms with Crippen molar-refractivity contribution in [2.45, 2.75) is 0 Å². The van der Waals surface area contributed by atoms with Crippen molar-refractivity contribution < 1.29 is 17.2 Å². The first-order chi connectivity index (χ1) is 17.4. The van der Waals surface area contributed by atoms with Gasteiger partial charge in [0.1, 0.15) is 30.3 Å². The number of benzene rings is 2. The molecule has 1 saturated heterocycles. The van der Waals surface area contributed by atoms with Crippen LogP contribution in [-0.4, -0.2) is 58.6 Å². The van der Waals surface area contributed by atoms with Crippen molar-refractivity contribution in [1.29, 1.82) is 0 Å². The van der Waals surface area contributed by atoms with Gasteiger partial charge in [-0.2, -0.15) is 14.2 Å². The van der Waals surface area contributed by atoms with Gasteiger partial charge in [0.05, 0.1) is 30.1 Å². The van der Waals surface area contributed by atoms with Crippen molar-refractivity contribution in [3.8, 4) is 33.8 Å². The minimum Gasteiger partial charge on any atom is -0.438 e. The first-order valence-corrected chi connectivity index (χ1v) is 13.1. The van der Waals surface area contributed by atoms with Gasteiger partial charge >= 0.3 is 0 Å². The molecule has 3 aromatic heterocycles. The molecular weight excluding hydrogens is 483 g/mol. The van der Waals surface area contributed by atoms with Crippen molar-refractivity contribution in [2.75, 3.05) is 31.0 Å². The summed E-state index contributed by atoms with van der Waals surface area (Å²) >= 11 is 0. The minimum absolute atomic E-state index is 0.172. The molecule has 0 atom stereocenters. The minimum atomic E-state index is -3.33. The summed E-state index contributed by atoms with van der Waals surface area (Å²) in [6, 6.07) is 17.7. The molecule has 182 valence electrons. The van der Waals surface area contributed by atoms with E-state index in [4.69, 9.17) is 9.52 Å². The van der Waals surface area contributed by atoms with Gasteiger partial charge in [-0.3, -0.25) is 5.01 Å². The van der Waals surface area contributed by atoms with E-state index >= 15 is 0 Å². The Hall–Kier alpha value is -4.09. The van der Waals surface area contributed by atoms with Crippen molar-refractivity contribution in [3.63, 3.8) is 0 Å². The number of rotatable bonds is 5. The maximum Gasteiger partial charge on any atom is 0.230 e. The maximum absolute atomic E-state index is 13.7. The number of sulfonamides is 1. The molecule has 0 amide bonds. The Bertz CT molecular complexity index is 1670. The summed E-state index contributed by atoms with van der Waals surface area (Å²) in [5, 5.41) is 7.29. The molecule has 0 bridgehead atoms. The van der Waals surface area contributed by atoms with Gasteiger partial charge in [0.15, 0.2) is 0 Å². The Morgan fingerprint density at radius 3 is 2.44 bits per heavy atom. The molecule has 0 unspecified atom stereocenters. The predicted octanol–water partition coefficient (Wildman–Crippen LogP) is 3.73. The zero-order valence-electron chi connectivity index (χ0n) is 19.2. The van der Waals surface area contributed by atoms with E-state index in [1.165, 1.54) is 29.0 Å². The number of nitrogens with zero attached hydrogens (tertiary/aromatic N) is 6. The topological polar surface area (TPSA) is 97.4 Å². The molecule has 36 heavy (non-hydrogen) atoms. The SMILES string of the molecule is CS(=O)(=O)N1CCN(n2cc(-c3ncnc4oc(-c5ccccc5)cc34)c(-c3ccc(F)cc3)n2)C1. The van der Waals surface area contributed by atoms with Crippen molar-refractivity contribution in [2.24, 2.45) is 0 Å². The van der Waals surface area contributed by atoms with Gasteiger partial charge < -0.3 is 4.42 Å². The van der Waals surface area contributed by atoms with Crippen molar-refractivity contribution >= 4 is 21.1 Å². The smallest absolute Gasteiger partial charge is 0.230 e. The van der Waals surface area contributed by atoms with Crippen LogP contribution in [0, 0.1) is 5.82 Å². The number of aromatic nitrogens is 4. The molecule has 6 rings (SSSR count). The fraction of sp³-hybridized carbons (Fsp3) is 0.160. The van der Waals surface area contributed by atoms with Crippen LogP contribution in [0.4, 0.5) is 4.39 Å². The van der Waals surface area contributed by atoms with E-state index in [0.29, 0.717) is 52.5 Å². The second-order valence-electron chi connectivity index (χ2n) is 8.55. The lowest BCUT2D eigenvalue weighted by molar-refractivity contribution is 0.465. The summed E-state index contributed by atoms with van der Waals surface area (Å²) in [4.78, 5) is 10.5. The molecule has 1 aliphatic heterocycles. The summed E-state index contributed by atoms with van der Waals surface area (Å²) in [6.45, 7) is 1.01. The number of fused-ring (bicyclic) bond motifs is 1. The van der Waals surface area contributed by atoms with Crippen LogP contribution in [0.3, 0.4) is 0 Å². The molecule has 0 saturated carbocycles. The summed E-state index contributed by atoms with van der Waals surface area (Å²) < 4.78 is 45.1. The molecule has 4 heterocycles. The third kappa shape index (κ3) is 4.01. The third-order valence-corrected chi connectivity index (χ3v) is 7.39. The van der Waals surface area contributed by atoms with E-state index in [0.717, 1.165) is 5.56 Å². The molecule has 1 fully saturated rings. The van der Waals surface area contributed by atoms with E-state index in [9.17, 15) is 12.8 Å². The summed E-state index contributed by atoms with van der Waals surface area (Å²) in [7, 11) is -3.33. The molecule has 2 aromatic carbocycles. The number of furan rings is 1. The molecule has 0 N–H and O–H groups in total. The second kappa shape index (κ2) is 8.54. The van der Waals surface area contributed by atoms with Gasteiger partial charge in [-0.15, -0.1) is 0 Å². The van der Waals surface area contributed by atoms with E-state index in [2.05, 4.69) is 9.97 Å². The number of hydrogen-bond donors (Lipinski definition) is 0. The Morgan fingerprint density at radius 2 is 1.72 bits per heavy atom. The lowest BCUT2D eigenvalue weighted by atomic mass is 10.0. The summed E-state index contributed by atoms with van der Waals surface area (Å²) in [5.41, 5.74) is 3.91. The van der Waals surface area contributed by atoms with E-state index in [1.807, 2.05) is 41.4 Å². The highest BCUT2D eigenvalue weighted by atomic mass is 32.2. The zero-order valence-corrected chi connectivity index (χ0v) is 20.1. The summed E-state index contributed by atoms with van der Waals surface area (Å²) in [5.74, 6) is 0.307. The van der Waals surface area contributed by atoms with E-state index in [1.54, 1.807) is 23.1 Å². The highest BCUT2D eigenvalue weighted by molar-refractivity contribution is 7.88. The van der Waals surface area contributed by atoms with Gasteiger partial charge in [0.2, 0.25) is 15.7 Å². The largest absolute Gasteiger partial charge is 0.438 e. The molecule has 0 aliphatic carbocycles. The monoisotopic (exact) mass is 504 g/mol. The lowest BCUT2D eigenvalue weighted by Crippen LogP contribution is -2.36. The quantitative estimate of drug-likeness (QED) is 0.360. The molecule has 5 aromatic rings. The van der Waals surface area contributed by atoms with E-state index < -0.39 is 10.0 Å². The average Bonchev–Trinajstić information content (AvgIpc) is 3.62. The Morgan fingerprint density at radius 1 is 0.944 bits per heavy atom. The van der Waals surface area contributed by atoms with Crippen LogP contribution < -0.4 is 5.01 Å². The number of hydrogen-bond acceptors (Lipinski definition) is 7. The van der Waals surface area contributed by atoms with Crippen LogP contribution in [0.25, 0.3) is 44.9 Å². The highest BCUT2D eigenvalue weighted by Crippen LogP contribution is 2.36. The highest BCUT2D eigenvalue weighted by Gasteiger charge is 2.29. The second-order valence-corrected chi connectivity index (χ2v) is 10.5. The molecular formula is C25H21FN6O3S. The molecule has 11 heteroatoms. The standard InChI is InChI=1S/C25H21FN6O3S/c1-36(33,34)31-12-11-30(16-31)32-14-21(23(29-32)18-7-9-19(26)10-8-18)24-20-13-22(17-5-3-2-4-6-17)35-25(20)28-15-27-24/h2-10,13-15H,11-12,16H2,1H3. The Balaban J connectivity index is 1.49. The number of halogens is 1.